The highest BCUT2D eigenvalue weighted by atomic mass is 16.1. The van der Waals surface area contributed by atoms with E-state index in [1.807, 2.05) is 28.9 Å². The van der Waals surface area contributed by atoms with Gasteiger partial charge < -0.3 is 5.32 Å². The van der Waals surface area contributed by atoms with Crippen LogP contribution in [0.1, 0.15) is 16.1 Å². The van der Waals surface area contributed by atoms with E-state index in [0.29, 0.717) is 11.4 Å². The smallest absolute Gasteiger partial charge is 0.256 e. The zero-order valence-corrected chi connectivity index (χ0v) is 10.8. The van der Waals surface area contributed by atoms with Crippen LogP contribution in [0.3, 0.4) is 0 Å². The van der Waals surface area contributed by atoms with Crippen LogP contribution in [0, 0.1) is 0 Å². The molecule has 0 fully saturated rings. The quantitative estimate of drug-likeness (QED) is 0.887. The number of benzene rings is 1. The van der Waals surface area contributed by atoms with Crippen LogP contribution in [0.25, 0.3) is 0 Å². The Balaban J connectivity index is 1.76. The van der Waals surface area contributed by atoms with E-state index in [-0.39, 0.29) is 5.91 Å². The number of rotatable bonds is 2. The Morgan fingerprint density at radius 3 is 2.84 bits per heavy atom. The van der Waals surface area contributed by atoms with Crippen molar-refractivity contribution in [1.82, 2.24) is 14.7 Å². The van der Waals surface area contributed by atoms with Crippen molar-refractivity contribution in [3.05, 3.63) is 47.7 Å². The zero-order valence-electron chi connectivity index (χ0n) is 10.8. The fourth-order valence-electron chi connectivity index (χ4n) is 2.24. The Hall–Kier alpha value is -2.14. The lowest BCUT2D eigenvalue weighted by Gasteiger charge is -2.22. The number of carbonyl (C=O) groups is 1. The molecule has 0 saturated heterocycles. The van der Waals surface area contributed by atoms with Crippen molar-refractivity contribution in [3.8, 4) is 0 Å². The standard InChI is InChI=1S/C14H16N4O/c1-17-7-8-18-12(10-17)9-13(16-18)15-14(19)11-5-3-2-4-6-11/h2-6,9H,7-8,10H2,1H3,(H,15,16,19). The molecule has 19 heavy (non-hydrogen) atoms. The van der Waals surface area contributed by atoms with Gasteiger partial charge in [-0.15, -0.1) is 0 Å². The first-order chi connectivity index (χ1) is 9.22. The monoisotopic (exact) mass is 256 g/mol. The number of hydrogen-bond acceptors (Lipinski definition) is 3. The summed E-state index contributed by atoms with van der Waals surface area (Å²) in [6, 6.07) is 11.1. The van der Waals surface area contributed by atoms with Crippen LogP contribution in [0.4, 0.5) is 5.82 Å². The molecule has 0 saturated carbocycles. The summed E-state index contributed by atoms with van der Waals surface area (Å²) in [5.74, 6) is 0.503. The van der Waals surface area contributed by atoms with E-state index in [1.54, 1.807) is 12.1 Å². The molecular weight excluding hydrogens is 240 g/mol. The third kappa shape index (κ3) is 2.51. The fraction of sp³-hybridized carbons (Fsp3) is 0.286. The summed E-state index contributed by atoms with van der Waals surface area (Å²) in [6.07, 6.45) is 0. The molecule has 0 spiro atoms. The van der Waals surface area contributed by atoms with Crippen LogP contribution < -0.4 is 5.32 Å². The van der Waals surface area contributed by atoms with E-state index in [0.717, 1.165) is 25.3 Å². The number of nitrogens with one attached hydrogen (secondary N) is 1. The number of aromatic nitrogens is 2. The molecule has 98 valence electrons. The van der Waals surface area contributed by atoms with Gasteiger partial charge in [0.2, 0.25) is 0 Å². The van der Waals surface area contributed by atoms with Crippen LogP contribution in [0.15, 0.2) is 36.4 Å². The van der Waals surface area contributed by atoms with Crippen molar-refractivity contribution < 1.29 is 4.79 Å². The molecule has 1 aliphatic heterocycles. The topological polar surface area (TPSA) is 50.2 Å². The molecule has 1 aromatic carbocycles. The molecular formula is C14H16N4O. The first-order valence-electron chi connectivity index (χ1n) is 6.34. The molecule has 1 amide bonds. The molecule has 1 aliphatic rings. The van der Waals surface area contributed by atoms with Gasteiger partial charge in [-0.3, -0.25) is 14.4 Å². The molecule has 1 aromatic heterocycles. The minimum Gasteiger partial charge on any atom is -0.305 e. The Bertz CT molecular complexity index is 591. The first kappa shape index (κ1) is 11.9. The summed E-state index contributed by atoms with van der Waals surface area (Å²) in [4.78, 5) is 14.3. The number of carbonyl (C=O) groups excluding carboxylic acids is 1. The molecule has 0 radical (unpaired) electrons. The lowest BCUT2D eigenvalue weighted by Crippen LogP contribution is -2.30. The van der Waals surface area contributed by atoms with Crippen molar-refractivity contribution in [2.45, 2.75) is 13.1 Å². The Morgan fingerprint density at radius 1 is 1.26 bits per heavy atom. The van der Waals surface area contributed by atoms with Gasteiger partial charge in [0, 0.05) is 24.7 Å². The Kier molecular flexibility index (Phi) is 3.05. The van der Waals surface area contributed by atoms with E-state index >= 15 is 0 Å². The SMILES string of the molecule is CN1CCn2nc(NC(=O)c3ccccc3)cc2C1. The number of likely N-dealkylation sites (N-methyl/N-ethyl adjacent to an activating group) is 1. The minimum atomic E-state index is -0.121. The largest absolute Gasteiger partial charge is 0.305 e. The first-order valence-corrected chi connectivity index (χ1v) is 6.34. The maximum absolute atomic E-state index is 12.0. The van der Waals surface area contributed by atoms with Crippen LogP contribution in [-0.2, 0) is 13.1 Å². The second-order valence-corrected chi connectivity index (χ2v) is 4.80. The summed E-state index contributed by atoms with van der Waals surface area (Å²) in [7, 11) is 2.08. The van der Waals surface area contributed by atoms with E-state index < -0.39 is 0 Å². The van der Waals surface area contributed by atoms with Crippen molar-refractivity contribution in [2.75, 3.05) is 18.9 Å². The maximum Gasteiger partial charge on any atom is 0.256 e. The van der Waals surface area contributed by atoms with Gasteiger partial charge in [0.1, 0.15) is 0 Å². The Labute approximate surface area is 111 Å². The number of anilines is 1. The molecule has 0 aliphatic carbocycles. The predicted molar refractivity (Wildman–Crippen MR) is 73.0 cm³/mol. The third-order valence-electron chi connectivity index (χ3n) is 3.27. The summed E-state index contributed by atoms with van der Waals surface area (Å²) < 4.78 is 1.96. The van der Waals surface area contributed by atoms with Gasteiger partial charge in [-0.1, -0.05) is 18.2 Å². The van der Waals surface area contributed by atoms with Gasteiger partial charge in [0.15, 0.2) is 5.82 Å². The highest BCUT2D eigenvalue weighted by molar-refractivity contribution is 6.03. The predicted octanol–water partition coefficient (Wildman–Crippen LogP) is 1.58. The lowest BCUT2D eigenvalue weighted by molar-refractivity contribution is 0.102. The molecule has 3 rings (SSSR count). The van der Waals surface area contributed by atoms with Crippen molar-refractivity contribution in [3.63, 3.8) is 0 Å². The van der Waals surface area contributed by atoms with Crippen LogP contribution in [0.2, 0.25) is 0 Å². The van der Waals surface area contributed by atoms with Crippen LogP contribution in [-0.4, -0.2) is 34.2 Å². The van der Waals surface area contributed by atoms with Crippen LogP contribution in [0.5, 0.6) is 0 Å². The fourth-order valence-corrected chi connectivity index (χ4v) is 2.24. The van der Waals surface area contributed by atoms with Crippen molar-refractivity contribution in [1.29, 1.82) is 0 Å². The van der Waals surface area contributed by atoms with Gasteiger partial charge in [0.05, 0.1) is 12.2 Å². The number of nitrogens with zero attached hydrogens (tertiary/aromatic N) is 3. The highest BCUT2D eigenvalue weighted by Crippen LogP contribution is 2.16. The average molecular weight is 256 g/mol. The second kappa shape index (κ2) is 4.85. The zero-order chi connectivity index (χ0) is 13.2. The molecule has 2 heterocycles. The minimum absolute atomic E-state index is 0.121. The maximum atomic E-state index is 12.0. The number of amides is 1. The van der Waals surface area contributed by atoms with Gasteiger partial charge in [-0.05, 0) is 19.2 Å². The second-order valence-electron chi connectivity index (χ2n) is 4.80. The summed E-state index contributed by atoms with van der Waals surface area (Å²) in [6.45, 7) is 2.72. The molecule has 5 heteroatoms. The van der Waals surface area contributed by atoms with E-state index in [4.69, 9.17) is 0 Å². The van der Waals surface area contributed by atoms with E-state index in [9.17, 15) is 4.79 Å². The third-order valence-corrected chi connectivity index (χ3v) is 3.27. The molecule has 0 unspecified atom stereocenters. The summed E-state index contributed by atoms with van der Waals surface area (Å²) >= 11 is 0. The number of fused-ring (bicyclic) bond motifs is 1. The normalized spacial score (nSPS) is 15.0. The molecule has 2 aromatic rings. The number of hydrogen-bond donors (Lipinski definition) is 1. The summed E-state index contributed by atoms with van der Waals surface area (Å²) in [5, 5.41) is 7.25. The molecule has 5 nitrogen and oxygen atoms in total. The lowest BCUT2D eigenvalue weighted by atomic mass is 10.2. The van der Waals surface area contributed by atoms with Crippen molar-refractivity contribution in [2.24, 2.45) is 0 Å². The molecule has 1 N–H and O–H groups in total. The van der Waals surface area contributed by atoms with Crippen molar-refractivity contribution >= 4 is 11.7 Å². The van der Waals surface area contributed by atoms with Gasteiger partial charge >= 0.3 is 0 Å². The van der Waals surface area contributed by atoms with E-state index in [1.165, 1.54) is 0 Å². The average Bonchev–Trinajstić information content (AvgIpc) is 2.81. The van der Waals surface area contributed by atoms with Crippen LogP contribution >= 0.6 is 0 Å². The summed E-state index contributed by atoms with van der Waals surface area (Å²) in [5.41, 5.74) is 1.78. The Morgan fingerprint density at radius 2 is 2.05 bits per heavy atom. The van der Waals surface area contributed by atoms with Gasteiger partial charge in [0.25, 0.3) is 5.91 Å². The van der Waals surface area contributed by atoms with Gasteiger partial charge in [-0.2, -0.15) is 5.10 Å². The highest BCUT2D eigenvalue weighted by Gasteiger charge is 2.16. The molecule has 0 atom stereocenters. The molecule has 0 bridgehead atoms. The van der Waals surface area contributed by atoms with E-state index in [2.05, 4.69) is 22.4 Å². The van der Waals surface area contributed by atoms with Gasteiger partial charge in [-0.25, -0.2) is 0 Å².